The van der Waals surface area contributed by atoms with Crippen LogP contribution in [0.15, 0.2) is 71.3 Å². The van der Waals surface area contributed by atoms with Crippen molar-refractivity contribution in [2.45, 2.75) is 26.0 Å². The van der Waals surface area contributed by atoms with Crippen molar-refractivity contribution >= 4 is 23.5 Å². The molecule has 1 aliphatic heterocycles. The minimum atomic E-state index is -0.893. The maximum atomic E-state index is 12.8. The van der Waals surface area contributed by atoms with Gasteiger partial charge in [0.15, 0.2) is 11.9 Å². The quantitative estimate of drug-likeness (QED) is 0.639. The highest BCUT2D eigenvalue weighted by atomic mass is 16.5. The number of hydrogen-bond acceptors (Lipinski definition) is 5. The number of rotatable bonds is 5. The summed E-state index contributed by atoms with van der Waals surface area (Å²) >= 11 is 0. The van der Waals surface area contributed by atoms with E-state index in [0.29, 0.717) is 24.3 Å². The molecule has 0 saturated carbocycles. The number of ether oxygens (including phenoxy) is 1. The second-order valence-electron chi connectivity index (χ2n) is 7.33. The van der Waals surface area contributed by atoms with E-state index in [-0.39, 0.29) is 17.6 Å². The lowest BCUT2D eigenvalue weighted by molar-refractivity contribution is -0.140. The van der Waals surface area contributed by atoms with Crippen molar-refractivity contribution < 1.29 is 23.5 Å². The summed E-state index contributed by atoms with van der Waals surface area (Å²) in [5, 5.41) is 2.68. The molecular formula is C24H22N2O5. The lowest BCUT2D eigenvalue weighted by Gasteiger charge is -2.30. The molecule has 0 aliphatic carbocycles. The molecule has 0 spiro atoms. The van der Waals surface area contributed by atoms with Gasteiger partial charge in [0.05, 0.1) is 11.8 Å². The average Bonchev–Trinajstić information content (AvgIpc) is 3.34. The van der Waals surface area contributed by atoms with Crippen molar-refractivity contribution in [3.63, 3.8) is 0 Å². The molecular weight excluding hydrogens is 396 g/mol. The van der Waals surface area contributed by atoms with Crippen molar-refractivity contribution in [1.82, 2.24) is 4.90 Å². The van der Waals surface area contributed by atoms with Gasteiger partial charge in [0.2, 0.25) is 0 Å². The van der Waals surface area contributed by atoms with Gasteiger partial charge in [-0.25, -0.2) is 4.79 Å². The molecule has 0 saturated heterocycles. The maximum Gasteiger partial charge on any atom is 0.338 e. The molecule has 1 aliphatic rings. The van der Waals surface area contributed by atoms with Gasteiger partial charge in [0, 0.05) is 18.8 Å². The van der Waals surface area contributed by atoms with Crippen LogP contribution in [0.1, 0.15) is 39.0 Å². The van der Waals surface area contributed by atoms with E-state index < -0.39 is 12.1 Å². The van der Waals surface area contributed by atoms with Crippen LogP contribution >= 0.6 is 0 Å². The summed E-state index contributed by atoms with van der Waals surface area (Å²) in [6, 6.07) is 17.5. The summed E-state index contributed by atoms with van der Waals surface area (Å²) in [6.45, 7) is 2.70. The first-order chi connectivity index (χ1) is 15.0. The van der Waals surface area contributed by atoms with E-state index in [4.69, 9.17) is 9.15 Å². The number of carbonyl (C=O) groups excluding carboxylic acids is 3. The fourth-order valence-corrected chi connectivity index (χ4v) is 3.51. The first-order valence-electron chi connectivity index (χ1n) is 10.0. The molecule has 3 aromatic rings. The topological polar surface area (TPSA) is 88.8 Å². The molecule has 1 N–H and O–H groups in total. The Morgan fingerprint density at radius 3 is 2.45 bits per heavy atom. The Morgan fingerprint density at radius 2 is 1.74 bits per heavy atom. The van der Waals surface area contributed by atoms with E-state index in [1.807, 2.05) is 18.2 Å². The zero-order valence-corrected chi connectivity index (χ0v) is 17.0. The largest absolute Gasteiger partial charge is 0.459 e. The Hall–Kier alpha value is -3.87. The lowest BCUT2D eigenvalue weighted by atomic mass is 9.99. The predicted octanol–water partition coefficient (Wildman–Crippen LogP) is 3.66. The first kappa shape index (κ1) is 20.4. The van der Waals surface area contributed by atoms with E-state index in [2.05, 4.69) is 11.4 Å². The van der Waals surface area contributed by atoms with Gasteiger partial charge in [0.25, 0.3) is 11.8 Å². The van der Waals surface area contributed by atoms with Gasteiger partial charge in [0.1, 0.15) is 0 Å². The normalized spacial score (nSPS) is 13.8. The number of nitrogens with one attached hydrogen (secondary N) is 1. The Bertz CT molecular complexity index is 1090. The predicted molar refractivity (Wildman–Crippen MR) is 114 cm³/mol. The third-order valence-electron chi connectivity index (χ3n) is 5.20. The monoisotopic (exact) mass is 418 g/mol. The van der Waals surface area contributed by atoms with Gasteiger partial charge in [-0.1, -0.05) is 24.3 Å². The van der Waals surface area contributed by atoms with Crippen molar-refractivity contribution in [2.24, 2.45) is 0 Å². The first-order valence-corrected chi connectivity index (χ1v) is 10.0. The van der Waals surface area contributed by atoms with Gasteiger partial charge in [-0.2, -0.15) is 0 Å². The number of carbonyl (C=O) groups is 3. The van der Waals surface area contributed by atoms with E-state index in [1.165, 1.54) is 24.0 Å². The number of amides is 2. The van der Waals surface area contributed by atoms with Crippen molar-refractivity contribution in [3.8, 4) is 0 Å². The lowest BCUT2D eigenvalue weighted by Crippen LogP contribution is -2.42. The van der Waals surface area contributed by atoms with Gasteiger partial charge < -0.3 is 19.4 Å². The number of esters is 1. The molecule has 1 aromatic heterocycles. The van der Waals surface area contributed by atoms with Crippen LogP contribution < -0.4 is 5.32 Å². The Kier molecular flexibility index (Phi) is 5.84. The summed E-state index contributed by atoms with van der Waals surface area (Å²) < 4.78 is 10.4. The Morgan fingerprint density at radius 1 is 1.00 bits per heavy atom. The van der Waals surface area contributed by atoms with Crippen LogP contribution in [0.4, 0.5) is 5.69 Å². The molecule has 0 fully saturated rings. The molecule has 158 valence electrons. The molecule has 31 heavy (non-hydrogen) atoms. The van der Waals surface area contributed by atoms with E-state index in [0.717, 1.165) is 12.0 Å². The molecule has 1 atom stereocenters. The summed E-state index contributed by atoms with van der Waals surface area (Å²) in [5.41, 5.74) is 3.16. The zero-order valence-electron chi connectivity index (χ0n) is 17.0. The summed E-state index contributed by atoms with van der Waals surface area (Å²) in [5.74, 6) is -1.01. The third kappa shape index (κ3) is 4.66. The van der Waals surface area contributed by atoms with Crippen LogP contribution in [0.2, 0.25) is 0 Å². The smallest absolute Gasteiger partial charge is 0.338 e. The molecule has 0 unspecified atom stereocenters. The minimum absolute atomic E-state index is 0.191. The minimum Gasteiger partial charge on any atom is -0.459 e. The second kappa shape index (κ2) is 8.87. The number of benzene rings is 2. The van der Waals surface area contributed by atoms with Crippen LogP contribution in [0.5, 0.6) is 0 Å². The highest BCUT2D eigenvalue weighted by Gasteiger charge is 2.27. The van der Waals surface area contributed by atoms with Crippen LogP contribution in [0, 0.1) is 0 Å². The SMILES string of the molecule is C[C@@H](OC(=O)c1ccc(NC(=O)c2ccco2)cc1)C(=O)N1CCc2ccccc2C1. The van der Waals surface area contributed by atoms with Crippen LogP contribution in [-0.2, 0) is 22.5 Å². The van der Waals surface area contributed by atoms with Crippen molar-refractivity contribution in [3.05, 3.63) is 89.4 Å². The Labute approximate surface area is 179 Å². The standard InChI is InChI=1S/C24H22N2O5/c1-16(23(28)26-13-12-17-5-2-3-6-19(17)15-26)31-24(29)18-8-10-20(11-9-18)25-22(27)21-7-4-14-30-21/h2-11,14,16H,12-13,15H2,1H3,(H,25,27)/t16-/m1/s1. The maximum absolute atomic E-state index is 12.8. The highest BCUT2D eigenvalue weighted by molar-refractivity contribution is 6.02. The molecule has 0 radical (unpaired) electrons. The zero-order chi connectivity index (χ0) is 21.8. The van der Waals surface area contributed by atoms with Crippen molar-refractivity contribution in [1.29, 1.82) is 0 Å². The fourth-order valence-electron chi connectivity index (χ4n) is 3.51. The Balaban J connectivity index is 1.33. The number of nitrogens with zero attached hydrogens (tertiary/aromatic N) is 1. The van der Waals surface area contributed by atoms with Gasteiger partial charge in [-0.3, -0.25) is 9.59 Å². The van der Waals surface area contributed by atoms with Gasteiger partial charge in [-0.15, -0.1) is 0 Å². The molecule has 2 aromatic carbocycles. The number of furan rings is 1. The third-order valence-corrected chi connectivity index (χ3v) is 5.20. The molecule has 4 rings (SSSR count). The van der Waals surface area contributed by atoms with Gasteiger partial charge in [-0.05, 0) is 60.9 Å². The van der Waals surface area contributed by atoms with Crippen molar-refractivity contribution in [2.75, 3.05) is 11.9 Å². The number of hydrogen-bond donors (Lipinski definition) is 1. The molecule has 2 amide bonds. The fraction of sp³-hybridized carbons (Fsp3) is 0.208. The molecule has 7 nitrogen and oxygen atoms in total. The average molecular weight is 418 g/mol. The summed E-state index contributed by atoms with van der Waals surface area (Å²) in [6.07, 6.45) is 1.31. The number of fused-ring (bicyclic) bond motifs is 1. The van der Waals surface area contributed by atoms with Gasteiger partial charge >= 0.3 is 5.97 Å². The number of anilines is 1. The van der Waals surface area contributed by atoms with Crippen LogP contribution in [0.3, 0.4) is 0 Å². The van der Waals surface area contributed by atoms with Crippen LogP contribution in [0.25, 0.3) is 0 Å². The molecule has 2 heterocycles. The van der Waals surface area contributed by atoms with E-state index in [1.54, 1.807) is 36.1 Å². The molecule has 0 bridgehead atoms. The van der Waals surface area contributed by atoms with E-state index in [9.17, 15) is 14.4 Å². The van der Waals surface area contributed by atoms with E-state index >= 15 is 0 Å². The highest BCUT2D eigenvalue weighted by Crippen LogP contribution is 2.20. The second-order valence-corrected chi connectivity index (χ2v) is 7.33. The molecule has 7 heteroatoms. The summed E-state index contributed by atoms with van der Waals surface area (Å²) in [4.78, 5) is 38.9. The van der Waals surface area contributed by atoms with Crippen LogP contribution in [-0.4, -0.2) is 35.3 Å². The summed E-state index contributed by atoms with van der Waals surface area (Å²) in [7, 11) is 0.